The van der Waals surface area contributed by atoms with E-state index in [1.54, 1.807) is 0 Å². The van der Waals surface area contributed by atoms with Crippen LogP contribution in [-0.4, -0.2) is 22.1 Å². The topological polar surface area (TPSA) is 45.6 Å². The molecule has 0 fully saturated rings. The van der Waals surface area contributed by atoms with E-state index in [1.165, 1.54) is 5.01 Å². The van der Waals surface area contributed by atoms with E-state index in [0.29, 0.717) is 16.6 Å². The second-order valence-electron chi connectivity index (χ2n) is 6.32. The number of rotatable bonds is 3. The summed E-state index contributed by atoms with van der Waals surface area (Å²) in [6, 6.07) is 15.1. The van der Waals surface area contributed by atoms with Gasteiger partial charge in [-0.15, -0.1) is 0 Å². The lowest BCUT2D eigenvalue weighted by molar-refractivity contribution is -0.119. The number of aryl methyl sites for hydroxylation is 1. The molecular formula is C20H15Cl2N3O. The number of halogens is 2. The lowest BCUT2D eigenvalue weighted by atomic mass is 9.98. The maximum absolute atomic E-state index is 11.6. The molecule has 1 aromatic heterocycles. The fourth-order valence-electron chi connectivity index (χ4n) is 3.22. The fourth-order valence-corrected chi connectivity index (χ4v) is 3.61. The van der Waals surface area contributed by atoms with Crippen molar-refractivity contribution in [2.24, 2.45) is 5.10 Å². The van der Waals surface area contributed by atoms with Crippen molar-refractivity contribution in [3.8, 4) is 0 Å². The van der Waals surface area contributed by atoms with E-state index in [-0.39, 0.29) is 6.04 Å². The van der Waals surface area contributed by atoms with Gasteiger partial charge in [0, 0.05) is 22.4 Å². The van der Waals surface area contributed by atoms with Gasteiger partial charge in [0.15, 0.2) is 0 Å². The number of hydrogen-bond acceptors (Lipinski definition) is 3. The van der Waals surface area contributed by atoms with Gasteiger partial charge in [0.2, 0.25) is 6.41 Å². The lowest BCUT2D eigenvalue weighted by Crippen LogP contribution is -2.18. The third-order valence-electron chi connectivity index (χ3n) is 4.54. The molecule has 1 aliphatic rings. The van der Waals surface area contributed by atoms with Crippen LogP contribution in [0.4, 0.5) is 0 Å². The predicted octanol–water partition coefficient (Wildman–Crippen LogP) is 5.16. The summed E-state index contributed by atoms with van der Waals surface area (Å²) in [5.74, 6) is 0. The minimum absolute atomic E-state index is 0.275. The monoisotopic (exact) mass is 383 g/mol. The summed E-state index contributed by atoms with van der Waals surface area (Å²) in [7, 11) is 0. The molecular weight excluding hydrogens is 369 g/mol. The SMILES string of the molecule is Cc1ccc2nc(Cl)c([C@H]3CC(c4ccc(Cl)cc4)=NN3C=O)cc2c1. The van der Waals surface area contributed by atoms with Crippen LogP contribution in [0.15, 0.2) is 53.6 Å². The van der Waals surface area contributed by atoms with Crippen LogP contribution in [0.3, 0.4) is 0 Å². The normalized spacial score (nSPS) is 16.8. The zero-order valence-electron chi connectivity index (χ0n) is 14.0. The minimum atomic E-state index is -0.275. The first-order valence-electron chi connectivity index (χ1n) is 8.19. The predicted molar refractivity (Wildman–Crippen MR) is 105 cm³/mol. The molecule has 1 amide bonds. The van der Waals surface area contributed by atoms with Gasteiger partial charge >= 0.3 is 0 Å². The van der Waals surface area contributed by atoms with Gasteiger partial charge in [0.05, 0.1) is 17.3 Å². The molecule has 0 saturated carbocycles. The molecule has 4 nitrogen and oxygen atoms in total. The molecule has 0 bridgehead atoms. The molecule has 4 rings (SSSR count). The highest BCUT2D eigenvalue weighted by atomic mass is 35.5. The molecule has 6 heteroatoms. The van der Waals surface area contributed by atoms with Gasteiger partial charge < -0.3 is 0 Å². The standard InChI is InChI=1S/C20H15Cl2N3O/c1-12-2-7-17-14(8-12)9-16(20(22)23-17)19-10-18(24-25(19)11-26)13-3-5-15(21)6-4-13/h2-9,11,19H,10H2,1H3/t19-/m1/s1. The molecule has 0 spiro atoms. The second-order valence-corrected chi connectivity index (χ2v) is 7.12. The van der Waals surface area contributed by atoms with Crippen LogP contribution < -0.4 is 0 Å². The number of hydrazone groups is 1. The minimum Gasteiger partial charge on any atom is -0.277 e. The number of pyridine rings is 1. The maximum Gasteiger partial charge on any atom is 0.230 e. The van der Waals surface area contributed by atoms with Crippen LogP contribution in [0.1, 0.15) is 29.2 Å². The van der Waals surface area contributed by atoms with Gasteiger partial charge in [-0.2, -0.15) is 5.10 Å². The summed E-state index contributed by atoms with van der Waals surface area (Å²) < 4.78 is 0. The Morgan fingerprint density at radius 1 is 1.12 bits per heavy atom. The largest absolute Gasteiger partial charge is 0.277 e. The van der Waals surface area contributed by atoms with Gasteiger partial charge in [-0.1, -0.05) is 47.0 Å². The Balaban J connectivity index is 1.73. The molecule has 26 heavy (non-hydrogen) atoms. The zero-order chi connectivity index (χ0) is 18.3. The number of carbonyl (C=O) groups excluding carboxylic acids is 1. The molecule has 0 unspecified atom stereocenters. The highest BCUT2D eigenvalue weighted by Crippen LogP contribution is 2.36. The van der Waals surface area contributed by atoms with Crippen LogP contribution in [0, 0.1) is 6.92 Å². The average molecular weight is 384 g/mol. The highest BCUT2D eigenvalue weighted by molar-refractivity contribution is 6.31. The highest BCUT2D eigenvalue weighted by Gasteiger charge is 2.30. The molecule has 0 N–H and O–H groups in total. The van der Waals surface area contributed by atoms with Crippen molar-refractivity contribution in [3.05, 3.63) is 75.4 Å². The van der Waals surface area contributed by atoms with E-state index in [1.807, 2.05) is 49.4 Å². The number of fused-ring (bicyclic) bond motifs is 1. The van der Waals surface area contributed by atoms with Crippen molar-refractivity contribution in [3.63, 3.8) is 0 Å². The Hall–Kier alpha value is -2.43. The molecule has 0 radical (unpaired) electrons. The van der Waals surface area contributed by atoms with E-state index in [9.17, 15) is 4.79 Å². The third kappa shape index (κ3) is 3.06. The van der Waals surface area contributed by atoms with Crippen molar-refractivity contribution in [2.75, 3.05) is 0 Å². The molecule has 0 saturated heterocycles. The summed E-state index contributed by atoms with van der Waals surface area (Å²) >= 11 is 12.4. The van der Waals surface area contributed by atoms with E-state index in [4.69, 9.17) is 23.2 Å². The van der Waals surface area contributed by atoms with E-state index in [2.05, 4.69) is 16.2 Å². The lowest BCUT2D eigenvalue weighted by Gasteiger charge is -2.19. The Morgan fingerprint density at radius 3 is 2.62 bits per heavy atom. The summed E-state index contributed by atoms with van der Waals surface area (Å²) in [5, 5.41) is 7.92. The number of aromatic nitrogens is 1. The molecule has 1 atom stereocenters. The first-order valence-corrected chi connectivity index (χ1v) is 8.94. The van der Waals surface area contributed by atoms with Crippen LogP contribution >= 0.6 is 23.2 Å². The summed E-state index contributed by atoms with van der Waals surface area (Å²) in [6.45, 7) is 2.03. The number of benzene rings is 2. The van der Waals surface area contributed by atoms with E-state index < -0.39 is 0 Å². The molecule has 2 heterocycles. The van der Waals surface area contributed by atoms with E-state index >= 15 is 0 Å². The Bertz CT molecular complexity index is 1030. The van der Waals surface area contributed by atoms with Crippen molar-refractivity contribution >= 4 is 46.2 Å². The Morgan fingerprint density at radius 2 is 1.88 bits per heavy atom. The van der Waals surface area contributed by atoms with E-state index in [0.717, 1.165) is 39.7 Å². The van der Waals surface area contributed by atoms with Gasteiger partial charge in [0.25, 0.3) is 0 Å². The second kappa shape index (κ2) is 6.71. The number of hydrogen-bond donors (Lipinski definition) is 0. The first-order chi connectivity index (χ1) is 12.5. The van der Waals surface area contributed by atoms with Crippen LogP contribution in [0.25, 0.3) is 10.9 Å². The fraction of sp³-hybridized carbons (Fsp3) is 0.150. The smallest absolute Gasteiger partial charge is 0.230 e. The zero-order valence-corrected chi connectivity index (χ0v) is 15.5. The van der Waals surface area contributed by atoms with Gasteiger partial charge in [-0.3, -0.25) is 4.79 Å². The van der Waals surface area contributed by atoms with Crippen LogP contribution in [0.5, 0.6) is 0 Å². The molecule has 0 aliphatic carbocycles. The first kappa shape index (κ1) is 17.0. The maximum atomic E-state index is 11.6. The Kier molecular flexibility index (Phi) is 4.39. The summed E-state index contributed by atoms with van der Waals surface area (Å²) in [6.07, 6.45) is 1.30. The van der Waals surface area contributed by atoms with Crippen molar-refractivity contribution in [2.45, 2.75) is 19.4 Å². The van der Waals surface area contributed by atoms with Crippen molar-refractivity contribution < 1.29 is 4.79 Å². The molecule has 1 aliphatic heterocycles. The van der Waals surface area contributed by atoms with Crippen molar-refractivity contribution in [1.82, 2.24) is 9.99 Å². The van der Waals surface area contributed by atoms with Crippen LogP contribution in [0.2, 0.25) is 10.2 Å². The van der Waals surface area contributed by atoms with Crippen molar-refractivity contribution in [1.29, 1.82) is 0 Å². The van der Waals surface area contributed by atoms with Gasteiger partial charge in [-0.05, 0) is 42.8 Å². The van der Waals surface area contributed by atoms with Gasteiger partial charge in [0.1, 0.15) is 5.15 Å². The molecule has 130 valence electrons. The number of nitrogens with zero attached hydrogens (tertiary/aromatic N) is 3. The number of carbonyl (C=O) groups is 1. The summed E-state index contributed by atoms with van der Waals surface area (Å²) in [4.78, 5) is 16.1. The van der Waals surface area contributed by atoms with Gasteiger partial charge in [-0.25, -0.2) is 9.99 Å². The Labute approximate surface area is 161 Å². The quantitative estimate of drug-likeness (QED) is 0.463. The molecule has 2 aromatic carbocycles. The third-order valence-corrected chi connectivity index (χ3v) is 5.09. The summed E-state index contributed by atoms with van der Waals surface area (Å²) in [5.41, 5.74) is 4.52. The molecule has 3 aromatic rings. The number of amides is 1. The van der Waals surface area contributed by atoms with Crippen LogP contribution in [-0.2, 0) is 4.79 Å². The average Bonchev–Trinajstić information content (AvgIpc) is 3.06.